The Kier molecular flexibility index (Phi) is 25.7. The molecule has 1 nitrogen and oxygen atoms in total. The molecule has 0 fully saturated rings. The lowest BCUT2D eigenvalue weighted by Crippen LogP contribution is -1.83. The lowest BCUT2D eigenvalue weighted by Gasteiger charge is -2.06. The molecule has 1 heterocycles. The lowest BCUT2D eigenvalue weighted by molar-refractivity contribution is 0.665. The zero-order valence-electron chi connectivity index (χ0n) is 35.6. The van der Waals surface area contributed by atoms with Crippen LogP contribution in [-0.2, 0) is 0 Å². The molecule has 0 unspecified atom stereocenters. The van der Waals surface area contributed by atoms with Gasteiger partial charge in [0, 0.05) is 10.8 Å². The summed E-state index contributed by atoms with van der Waals surface area (Å²) in [6.07, 6.45) is 0. The highest BCUT2D eigenvalue weighted by molar-refractivity contribution is 6.06. The van der Waals surface area contributed by atoms with Crippen molar-refractivity contribution in [1.82, 2.24) is 0 Å². The zero-order chi connectivity index (χ0) is 39.0. The first-order valence-electron chi connectivity index (χ1n) is 19.1. The van der Waals surface area contributed by atoms with Gasteiger partial charge in [0.15, 0.2) is 0 Å². The van der Waals surface area contributed by atoms with Crippen LogP contribution in [0.2, 0.25) is 0 Å². The number of fused-ring (bicyclic) bond motifs is 3. The third-order valence-corrected chi connectivity index (χ3v) is 7.00. The Labute approximate surface area is 309 Å². The summed E-state index contributed by atoms with van der Waals surface area (Å²) in [4.78, 5) is 0. The second-order valence-electron chi connectivity index (χ2n) is 11.5. The quantitative estimate of drug-likeness (QED) is 0.169. The Hall–Kier alpha value is -4.10. The van der Waals surface area contributed by atoms with Crippen LogP contribution in [-0.4, -0.2) is 0 Å². The van der Waals surface area contributed by atoms with Gasteiger partial charge in [-0.3, -0.25) is 0 Å². The molecule has 1 heteroatoms. The van der Waals surface area contributed by atoms with Crippen LogP contribution in [0.15, 0.2) is 95.4 Å². The molecule has 0 aliphatic rings. The van der Waals surface area contributed by atoms with E-state index in [0.717, 1.165) is 11.2 Å². The van der Waals surface area contributed by atoms with Gasteiger partial charge in [0.2, 0.25) is 0 Å². The molecule has 0 saturated carbocycles. The van der Waals surface area contributed by atoms with Crippen LogP contribution in [0.4, 0.5) is 0 Å². The normalized spacial score (nSPS) is 9.10. The standard InChI is InChI=1S/C15H14O.C15H16.C9H12.5C2H6/c1-9-4-5-14-12(7-9)13-8-10(2)6-11(3)15(13)16-14;1-11-5-4-6-14(8-11)15-9-12(2)7-13(3)10-15;1-7-4-8(2)6-9(3)5-7;5*1-2/h4-8H,1-3H3;4-10H,1-3H3;4-6H,1-3H3;5*1-2H3. The van der Waals surface area contributed by atoms with Gasteiger partial charge in [0.05, 0.1) is 0 Å². The Morgan fingerprint density at radius 3 is 1.16 bits per heavy atom. The third-order valence-electron chi connectivity index (χ3n) is 7.00. The Bertz CT molecular complexity index is 1710. The monoisotopic (exact) mass is 677 g/mol. The summed E-state index contributed by atoms with van der Waals surface area (Å²) in [6, 6.07) is 32.6. The van der Waals surface area contributed by atoms with Crippen molar-refractivity contribution in [1.29, 1.82) is 0 Å². The number of hydrogen-bond donors (Lipinski definition) is 0. The maximum Gasteiger partial charge on any atom is 0.138 e. The maximum atomic E-state index is 5.89. The molecule has 0 aliphatic heterocycles. The summed E-state index contributed by atoms with van der Waals surface area (Å²) in [5.41, 5.74) is 16.4. The van der Waals surface area contributed by atoms with Crippen LogP contribution in [0.5, 0.6) is 0 Å². The average molecular weight is 677 g/mol. The average Bonchev–Trinajstić information content (AvgIpc) is 3.47. The van der Waals surface area contributed by atoms with Gasteiger partial charge in [-0.15, -0.1) is 0 Å². The number of rotatable bonds is 1. The molecular weight excluding hydrogens is 605 g/mol. The first-order valence-corrected chi connectivity index (χ1v) is 19.1. The van der Waals surface area contributed by atoms with Gasteiger partial charge < -0.3 is 4.42 Å². The van der Waals surface area contributed by atoms with E-state index in [-0.39, 0.29) is 0 Å². The molecule has 1 aromatic heterocycles. The Morgan fingerprint density at radius 1 is 0.320 bits per heavy atom. The summed E-state index contributed by atoms with van der Waals surface area (Å²) < 4.78 is 5.89. The highest BCUT2D eigenvalue weighted by Gasteiger charge is 2.09. The van der Waals surface area contributed by atoms with Crippen molar-refractivity contribution in [2.24, 2.45) is 0 Å². The van der Waals surface area contributed by atoms with Crippen molar-refractivity contribution >= 4 is 21.9 Å². The van der Waals surface area contributed by atoms with Crippen LogP contribution in [0.3, 0.4) is 0 Å². The smallest absolute Gasteiger partial charge is 0.138 e. The van der Waals surface area contributed by atoms with Crippen molar-refractivity contribution in [2.75, 3.05) is 0 Å². The van der Waals surface area contributed by atoms with E-state index in [4.69, 9.17) is 4.42 Å². The minimum absolute atomic E-state index is 0.981. The molecule has 5 aromatic carbocycles. The van der Waals surface area contributed by atoms with Crippen molar-refractivity contribution < 1.29 is 4.42 Å². The Morgan fingerprint density at radius 2 is 0.700 bits per heavy atom. The largest absolute Gasteiger partial charge is 0.456 e. The zero-order valence-corrected chi connectivity index (χ0v) is 35.6. The maximum absolute atomic E-state index is 5.89. The lowest BCUT2D eigenvalue weighted by atomic mass is 10.00. The first kappa shape index (κ1) is 48.0. The number of furan rings is 1. The van der Waals surface area contributed by atoms with Crippen molar-refractivity contribution in [3.63, 3.8) is 0 Å². The number of benzene rings is 5. The van der Waals surface area contributed by atoms with Crippen LogP contribution in [0.1, 0.15) is 119 Å². The van der Waals surface area contributed by atoms with Crippen LogP contribution < -0.4 is 0 Å². The molecule has 6 aromatic rings. The van der Waals surface area contributed by atoms with Gasteiger partial charge in [-0.2, -0.15) is 0 Å². The molecular formula is C49H72O. The number of hydrogen-bond acceptors (Lipinski definition) is 1. The number of aryl methyl sites for hydroxylation is 9. The van der Waals surface area contributed by atoms with Gasteiger partial charge in [0.1, 0.15) is 11.2 Å². The van der Waals surface area contributed by atoms with Crippen LogP contribution in [0.25, 0.3) is 33.1 Å². The Balaban J connectivity index is 0. The van der Waals surface area contributed by atoms with Gasteiger partial charge in [-0.1, -0.05) is 181 Å². The molecule has 50 heavy (non-hydrogen) atoms. The minimum Gasteiger partial charge on any atom is -0.456 e. The molecule has 274 valence electrons. The van der Waals surface area contributed by atoms with Crippen LogP contribution >= 0.6 is 0 Å². The van der Waals surface area contributed by atoms with E-state index in [0.29, 0.717) is 0 Å². The van der Waals surface area contributed by atoms with Gasteiger partial charge >= 0.3 is 0 Å². The molecule has 0 N–H and O–H groups in total. The topological polar surface area (TPSA) is 13.1 Å². The SMILES string of the molecule is CC.CC.CC.CC.CC.Cc1cc(C)cc(C)c1.Cc1ccc2oc3c(C)cc(C)cc3c2c1.Cc1cccc(-c2cc(C)cc(C)c2)c1. The fourth-order valence-electron chi connectivity index (χ4n) is 5.51. The predicted molar refractivity (Wildman–Crippen MR) is 231 cm³/mol. The predicted octanol–water partition coefficient (Wildman–Crippen LogP) is 16.5. The summed E-state index contributed by atoms with van der Waals surface area (Å²) in [6.45, 7) is 39.1. The van der Waals surface area contributed by atoms with Crippen molar-refractivity contribution in [3.8, 4) is 11.1 Å². The highest BCUT2D eigenvalue weighted by atomic mass is 16.3. The van der Waals surface area contributed by atoms with Gasteiger partial charge in [0.25, 0.3) is 0 Å². The van der Waals surface area contributed by atoms with Gasteiger partial charge in [-0.05, 0) is 103 Å². The molecule has 0 radical (unpaired) electrons. The first-order chi connectivity index (χ1) is 24.0. The summed E-state index contributed by atoms with van der Waals surface area (Å²) in [5.74, 6) is 0. The second kappa shape index (κ2) is 26.7. The second-order valence-corrected chi connectivity index (χ2v) is 11.5. The minimum atomic E-state index is 0.981. The molecule has 6 rings (SSSR count). The van der Waals surface area contributed by atoms with Gasteiger partial charge in [-0.25, -0.2) is 0 Å². The van der Waals surface area contributed by atoms with E-state index < -0.39 is 0 Å². The van der Waals surface area contributed by atoms with E-state index >= 15 is 0 Å². The molecule has 0 saturated heterocycles. The van der Waals surface area contributed by atoms with Crippen LogP contribution in [0, 0.1) is 62.3 Å². The summed E-state index contributed by atoms with van der Waals surface area (Å²) in [5, 5.41) is 2.46. The van der Waals surface area contributed by atoms with Crippen molar-refractivity contribution in [3.05, 3.63) is 141 Å². The summed E-state index contributed by atoms with van der Waals surface area (Å²) in [7, 11) is 0. The van der Waals surface area contributed by atoms with E-state index in [2.05, 4.69) is 153 Å². The molecule has 0 aliphatic carbocycles. The summed E-state index contributed by atoms with van der Waals surface area (Å²) >= 11 is 0. The van der Waals surface area contributed by atoms with E-state index in [1.165, 1.54) is 72.0 Å². The highest BCUT2D eigenvalue weighted by Crippen LogP contribution is 2.32. The van der Waals surface area contributed by atoms with E-state index in [9.17, 15) is 0 Å². The molecule has 0 bridgehead atoms. The van der Waals surface area contributed by atoms with E-state index in [1.54, 1.807) is 0 Å². The molecule has 0 spiro atoms. The molecule has 0 amide bonds. The molecule has 0 atom stereocenters. The van der Waals surface area contributed by atoms with Crippen molar-refractivity contribution in [2.45, 2.75) is 132 Å². The fourth-order valence-corrected chi connectivity index (χ4v) is 5.51. The fraction of sp³-hybridized carbons (Fsp3) is 0.388. The van der Waals surface area contributed by atoms with E-state index in [1.807, 2.05) is 69.2 Å². The third kappa shape index (κ3) is 16.1.